The van der Waals surface area contributed by atoms with E-state index in [9.17, 15) is 0 Å². The Bertz CT molecular complexity index is 2470. The zero-order chi connectivity index (χ0) is 36.7. The topological polar surface area (TPSA) is 3.24 Å². The average Bonchev–Trinajstić information content (AvgIpc) is 3.43. The Kier molecular flexibility index (Phi) is 8.20. The molecule has 0 amide bonds. The van der Waals surface area contributed by atoms with Crippen molar-refractivity contribution in [2.75, 3.05) is 4.90 Å². The van der Waals surface area contributed by atoms with Crippen LogP contribution in [0.25, 0.3) is 43.4 Å². The Hall–Kier alpha value is -4.45. The molecule has 0 N–H and O–H groups in total. The quantitative estimate of drug-likeness (QED) is 0.118. The molecule has 262 valence electrons. The fraction of sp³-hybridized carbons (Fsp3) is 0.265. The van der Waals surface area contributed by atoms with E-state index < -0.39 is 16.1 Å². The number of anilines is 3. The molecule has 52 heavy (non-hydrogen) atoms. The lowest BCUT2D eigenvalue weighted by Gasteiger charge is -2.51. The van der Waals surface area contributed by atoms with E-state index >= 15 is 0 Å². The predicted molar refractivity (Wildman–Crippen MR) is 235 cm³/mol. The van der Waals surface area contributed by atoms with Crippen molar-refractivity contribution in [1.29, 1.82) is 0 Å². The summed E-state index contributed by atoms with van der Waals surface area (Å²) in [6.07, 6.45) is 0. The number of hydrogen-bond acceptors (Lipinski definition) is 1. The summed E-state index contributed by atoms with van der Waals surface area (Å²) in [7, 11) is -3.86. The lowest BCUT2D eigenvalue weighted by atomic mass is 9.93. The van der Waals surface area contributed by atoms with Crippen LogP contribution < -0.4 is 4.90 Å². The number of fused-ring (bicyclic) bond motifs is 8. The Morgan fingerprint density at radius 1 is 0.462 bits per heavy atom. The van der Waals surface area contributed by atoms with Crippen LogP contribution in [0.3, 0.4) is 0 Å². The minimum atomic E-state index is -1.93. The van der Waals surface area contributed by atoms with Crippen LogP contribution in [-0.2, 0) is 4.66 Å². The summed E-state index contributed by atoms with van der Waals surface area (Å²) in [5.74, 6) is 0.837. The first-order valence-corrected chi connectivity index (χ1v) is 26.2. The van der Waals surface area contributed by atoms with Gasteiger partial charge in [-0.05, 0) is 102 Å². The Labute approximate surface area is 313 Å². The maximum atomic E-state index is 2.64. The summed E-state index contributed by atoms with van der Waals surface area (Å²) < 4.78 is 0.0154. The third-order valence-electron chi connectivity index (χ3n) is 12.1. The first-order valence-electron chi connectivity index (χ1n) is 19.2. The van der Waals surface area contributed by atoms with E-state index in [0.717, 1.165) is 0 Å². The lowest BCUT2D eigenvalue weighted by molar-refractivity contribution is 0.833. The number of hydrogen-bond donors (Lipinski definition) is 0. The van der Waals surface area contributed by atoms with Crippen LogP contribution in [-0.4, -0.2) is 16.1 Å². The fourth-order valence-corrected chi connectivity index (χ4v) is 23.1. The van der Waals surface area contributed by atoms with Crippen molar-refractivity contribution >= 4 is 65.5 Å². The molecular weight excluding hydrogens is 659 g/mol. The van der Waals surface area contributed by atoms with Crippen molar-refractivity contribution in [2.24, 2.45) is 0 Å². The number of nitrogens with zero attached hydrogens (tertiary/aromatic N) is 1. The second-order valence-corrected chi connectivity index (χ2v) is 28.9. The van der Waals surface area contributed by atoms with Crippen LogP contribution in [0.1, 0.15) is 61.8 Å². The first kappa shape index (κ1) is 34.6. The molecule has 0 saturated heterocycles. The highest BCUT2D eigenvalue weighted by atomic mass is 28.4. The molecule has 1 aliphatic rings. The van der Waals surface area contributed by atoms with Gasteiger partial charge in [-0.3, -0.25) is 0 Å². The van der Waals surface area contributed by atoms with Gasteiger partial charge >= 0.3 is 0 Å². The molecule has 1 nitrogen and oxygen atoms in total. The highest BCUT2D eigenvalue weighted by molar-refractivity contribution is 7.00. The van der Waals surface area contributed by atoms with Crippen molar-refractivity contribution in [3.05, 3.63) is 150 Å². The number of rotatable bonds is 7. The smallest absolute Gasteiger partial charge is 0.0579 e. The van der Waals surface area contributed by atoms with E-state index in [0.29, 0.717) is 11.8 Å². The SMILES string of the molecule is CC(C)c1cc(C(C)C)cc(N(c2ccc3c(c2)C([Si](C)(C)C)([Si](C)(C)C)c2c-3ccc3ccccc23)c2cc3ccccc3c3ccccc23)c1. The molecule has 0 radical (unpaired) electrons. The van der Waals surface area contributed by atoms with Gasteiger partial charge in [0.15, 0.2) is 0 Å². The molecule has 0 saturated carbocycles. The maximum absolute atomic E-state index is 2.64. The van der Waals surface area contributed by atoms with Gasteiger partial charge in [-0.1, -0.05) is 164 Å². The molecule has 0 heterocycles. The van der Waals surface area contributed by atoms with Gasteiger partial charge in [0.05, 0.1) is 21.8 Å². The van der Waals surface area contributed by atoms with Crippen LogP contribution in [0.15, 0.2) is 127 Å². The molecule has 0 atom stereocenters. The average molecular weight is 712 g/mol. The van der Waals surface area contributed by atoms with Crippen molar-refractivity contribution in [2.45, 2.75) is 83.5 Å². The summed E-state index contributed by atoms with van der Waals surface area (Å²) in [6, 6.07) is 49.2. The van der Waals surface area contributed by atoms with Gasteiger partial charge in [0, 0.05) is 21.4 Å². The van der Waals surface area contributed by atoms with Gasteiger partial charge in [-0.15, -0.1) is 0 Å². The van der Waals surface area contributed by atoms with Crippen molar-refractivity contribution in [3.8, 4) is 11.1 Å². The van der Waals surface area contributed by atoms with E-state index in [1.807, 2.05) is 0 Å². The van der Waals surface area contributed by atoms with Crippen molar-refractivity contribution in [3.63, 3.8) is 0 Å². The van der Waals surface area contributed by atoms with Crippen molar-refractivity contribution in [1.82, 2.24) is 0 Å². The summed E-state index contributed by atoms with van der Waals surface area (Å²) in [5, 5.41) is 7.93. The van der Waals surface area contributed by atoms with Crippen LogP contribution in [0.4, 0.5) is 17.1 Å². The van der Waals surface area contributed by atoms with E-state index in [4.69, 9.17) is 0 Å². The van der Waals surface area contributed by atoms with Gasteiger partial charge in [-0.25, -0.2) is 0 Å². The first-order chi connectivity index (χ1) is 24.7. The fourth-order valence-electron chi connectivity index (χ4n) is 10.0. The normalized spacial score (nSPS) is 14.1. The summed E-state index contributed by atoms with van der Waals surface area (Å²) in [4.78, 5) is 2.60. The van der Waals surface area contributed by atoms with E-state index in [2.05, 4.69) is 199 Å². The predicted octanol–water partition coefficient (Wildman–Crippen LogP) is 14.9. The molecule has 0 aromatic heterocycles. The van der Waals surface area contributed by atoms with E-state index in [-0.39, 0.29) is 4.66 Å². The summed E-state index contributed by atoms with van der Waals surface area (Å²) >= 11 is 0. The highest BCUT2D eigenvalue weighted by Crippen LogP contribution is 2.60. The maximum Gasteiger partial charge on any atom is 0.0579 e. The molecule has 7 aromatic carbocycles. The molecule has 1 aliphatic carbocycles. The van der Waals surface area contributed by atoms with Crippen LogP contribution >= 0.6 is 0 Å². The molecule has 7 aromatic rings. The van der Waals surface area contributed by atoms with Gasteiger partial charge < -0.3 is 4.90 Å². The van der Waals surface area contributed by atoms with Gasteiger partial charge in [-0.2, -0.15) is 0 Å². The molecule has 0 spiro atoms. The monoisotopic (exact) mass is 711 g/mol. The molecule has 0 aliphatic heterocycles. The molecule has 3 heteroatoms. The third kappa shape index (κ3) is 5.15. The molecular formula is C49H53NSi2. The summed E-state index contributed by atoms with van der Waals surface area (Å²) in [5.41, 5.74) is 12.5. The minimum absolute atomic E-state index is 0.0154. The molecule has 0 bridgehead atoms. The lowest BCUT2D eigenvalue weighted by Crippen LogP contribution is -2.63. The van der Waals surface area contributed by atoms with Gasteiger partial charge in [0.25, 0.3) is 0 Å². The summed E-state index contributed by atoms with van der Waals surface area (Å²) in [6.45, 7) is 25.1. The number of benzene rings is 7. The highest BCUT2D eigenvalue weighted by Gasteiger charge is 2.59. The molecule has 0 unspecified atom stereocenters. The standard InChI is InChI=1S/C49H53NSi2/c1-32(2)36-27-37(33(3)4)29-39(28-36)50(47-30-35-18-12-13-19-40(35)42-21-15-16-22-44(42)47)38-24-26-43-45-25-23-34-17-11-14-20-41(34)48(45)49(46(43)31-38,51(5,6)7)52(8,9)10/h11-33H,1-10H3. The second-order valence-electron chi connectivity index (χ2n) is 17.9. The second kappa shape index (κ2) is 12.3. The van der Waals surface area contributed by atoms with Gasteiger partial charge in [0.2, 0.25) is 0 Å². The van der Waals surface area contributed by atoms with Crippen LogP contribution in [0, 0.1) is 0 Å². The van der Waals surface area contributed by atoms with E-state index in [1.165, 1.54) is 71.6 Å². The van der Waals surface area contributed by atoms with Crippen molar-refractivity contribution < 1.29 is 0 Å². The molecule has 8 rings (SSSR count). The van der Waals surface area contributed by atoms with Gasteiger partial charge in [0.1, 0.15) is 0 Å². The largest absolute Gasteiger partial charge is 0.310 e. The molecule has 0 fully saturated rings. The Morgan fingerprint density at radius 2 is 1.00 bits per heavy atom. The van der Waals surface area contributed by atoms with Crippen LogP contribution in [0.2, 0.25) is 39.3 Å². The zero-order valence-corrected chi connectivity index (χ0v) is 34.7. The minimum Gasteiger partial charge on any atom is -0.310 e. The Morgan fingerprint density at radius 3 is 1.62 bits per heavy atom. The third-order valence-corrected chi connectivity index (χ3v) is 22.1. The van der Waals surface area contributed by atoms with Crippen LogP contribution in [0.5, 0.6) is 0 Å². The van der Waals surface area contributed by atoms with E-state index in [1.54, 1.807) is 11.1 Å². The Balaban J connectivity index is 1.50. The zero-order valence-electron chi connectivity index (χ0n) is 32.7.